The number of H-pyrrole nitrogens is 2. The van der Waals surface area contributed by atoms with Crippen LogP contribution in [-0.4, -0.2) is 37.1 Å². The third kappa shape index (κ3) is 4.47. The number of hydrogen-bond donors (Lipinski definition) is 4. The Bertz CT molecular complexity index is 1060. The highest BCUT2D eigenvalue weighted by Gasteiger charge is 2.21. The highest BCUT2D eigenvalue weighted by molar-refractivity contribution is 5.88. The van der Waals surface area contributed by atoms with Crippen LogP contribution in [0, 0.1) is 0 Å². The number of aromatic amines is 2. The molecule has 0 atom stereocenters. The first-order valence-electron chi connectivity index (χ1n) is 11.2. The molecule has 0 fully saturated rings. The molecule has 0 aliphatic carbocycles. The number of aromatic nitrogens is 3. The van der Waals surface area contributed by atoms with Gasteiger partial charge in [0.2, 0.25) is 0 Å². The summed E-state index contributed by atoms with van der Waals surface area (Å²) in [4.78, 5) is 34.3. The van der Waals surface area contributed by atoms with E-state index >= 15 is 0 Å². The van der Waals surface area contributed by atoms with Gasteiger partial charge in [0.25, 0.3) is 0 Å². The Morgan fingerprint density at radius 3 is 1.41 bits per heavy atom. The Labute approximate surface area is 187 Å². The van der Waals surface area contributed by atoms with Gasteiger partial charge in [-0.05, 0) is 60.1 Å². The van der Waals surface area contributed by atoms with Crippen LogP contribution in [0.2, 0.25) is 0 Å². The first kappa shape index (κ1) is 23.3. The van der Waals surface area contributed by atoms with E-state index < -0.39 is 11.9 Å². The maximum absolute atomic E-state index is 11.6. The lowest BCUT2D eigenvalue weighted by Crippen LogP contribution is -2.02. The fraction of sp³-hybridized carbons (Fsp3) is 0.400. The number of pyridine rings is 1. The van der Waals surface area contributed by atoms with E-state index in [0.717, 1.165) is 57.9 Å². The Morgan fingerprint density at radius 1 is 0.719 bits per heavy atom. The van der Waals surface area contributed by atoms with Crippen molar-refractivity contribution in [3.63, 3.8) is 0 Å². The molecular weight excluding hydrogens is 406 g/mol. The molecule has 0 saturated heterocycles. The number of aromatic carboxylic acids is 2. The minimum absolute atomic E-state index is 0.266. The molecule has 32 heavy (non-hydrogen) atoms. The molecule has 4 N–H and O–H groups in total. The van der Waals surface area contributed by atoms with Gasteiger partial charge in [-0.15, -0.1) is 0 Å². The van der Waals surface area contributed by atoms with E-state index in [9.17, 15) is 19.8 Å². The van der Waals surface area contributed by atoms with Gasteiger partial charge in [0.05, 0.1) is 0 Å². The molecule has 3 aromatic rings. The normalized spacial score (nSPS) is 11.1. The zero-order valence-corrected chi connectivity index (χ0v) is 19.1. The summed E-state index contributed by atoms with van der Waals surface area (Å²) in [5, 5.41) is 19.1. The lowest BCUT2D eigenvalue weighted by atomic mass is 10.0. The topological polar surface area (TPSA) is 119 Å². The van der Waals surface area contributed by atoms with Crippen molar-refractivity contribution in [2.75, 3.05) is 0 Å². The van der Waals surface area contributed by atoms with Gasteiger partial charge in [0.15, 0.2) is 0 Å². The van der Waals surface area contributed by atoms with E-state index in [0.29, 0.717) is 25.7 Å². The van der Waals surface area contributed by atoms with Crippen LogP contribution < -0.4 is 0 Å². The summed E-state index contributed by atoms with van der Waals surface area (Å²) in [6.45, 7) is 8.00. The van der Waals surface area contributed by atoms with Crippen molar-refractivity contribution < 1.29 is 19.8 Å². The minimum atomic E-state index is -0.940. The van der Waals surface area contributed by atoms with Crippen molar-refractivity contribution in [1.29, 1.82) is 0 Å². The Balaban J connectivity index is 1.93. The van der Waals surface area contributed by atoms with Gasteiger partial charge in [-0.1, -0.05) is 33.8 Å². The first-order chi connectivity index (χ1) is 15.3. The molecule has 0 radical (unpaired) electrons. The van der Waals surface area contributed by atoms with Crippen LogP contribution in [0.15, 0.2) is 18.2 Å². The minimum Gasteiger partial charge on any atom is -0.477 e. The largest absolute Gasteiger partial charge is 0.477 e. The summed E-state index contributed by atoms with van der Waals surface area (Å²) in [6.07, 6.45) is 3.86. The van der Waals surface area contributed by atoms with Crippen molar-refractivity contribution in [2.45, 2.75) is 66.2 Å². The Hall–Kier alpha value is -3.35. The summed E-state index contributed by atoms with van der Waals surface area (Å²) in [6, 6.07) is 5.81. The lowest BCUT2D eigenvalue weighted by Gasteiger charge is -2.07. The average molecular weight is 438 g/mol. The Kier molecular flexibility index (Phi) is 7.18. The summed E-state index contributed by atoms with van der Waals surface area (Å²) in [7, 11) is 0. The van der Waals surface area contributed by atoms with Crippen LogP contribution in [-0.2, 0) is 38.5 Å². The molecular formula is C25H31N3O4. The number of carbonyl (C=O) groups is 2. The van der Waals surface area contributed by atoms with Crippen molar-refractivity contribution in [3.8, 4) is 0 Å². The van der Waals surface area contributed by atoms with Gasteiger partial charge in [-0.2, -0.15) is 0 Å². The monoisotopic (exact) mass is 437 g/mol. The molecule has 0 spiro atoms. The maximum Gasteiger partial charge on any atom is 0.352 e. The molecule has 3 aromatic heterocycles. The van der Waals surface area contributed by atoms with Crippen LogP contribution in [0.4, 0.5) is 0 Å². The highest BCUT2D eigenvalue weighted by atomic mass is 16.4. The van der Waals surface area contributed by atoms with E-state index in [2.05, 4.69) is 9.97 Å². The number of rotatable bonds is 10. The Morgan fingerprint density at radius 2 is 1.09 bits per heavy atom. The van der Waals surface area contributed by atoms with Crippen LogP contribution in [0.3, 0.4) is 0 Å². The van der Waals surface area contributed by atoms with Crippen molar-refractivity contribution in [2.24, 2.45) is 0 Å². The van der Waals surface area contributed by atoms with Gasteiger partial charge in [-0.25, -0.2) is 9.59 Å². The molecule has 0 unspecified atom stereocenters. The van der Waals surface area contributed by atoms with Crippen LogP contribution in [0.5, 0.6) is 0 Å². The predicted molar refractivity (Wildman–Crippen MR) is 123 cm³/mol. The maximum atomic E-state index is 11.6. The van der Waals surface area contributed by atoms with Gasteiger partial charge in [0, 0.05) is 35.6 Å². The van der Waals surface area contributed by atoms with Gasteiger partial charge >= 0.3 is 11.9 Å². The van der Waals surface area contributed by atoms with Gasteiger partial charge in [0.1, 0.15) is 11.4 Å². The lowest BCUT2D eigenvalue weighted by molar-refractivity contribution is 0.0679. The zero-order valence-electron chi connectivity index (χ0n) is 19.1. The first-order valence-corrected chi connectivity index (χ1v) is 11.2. The smallest absolute Gasteiger partial charge is 0.352 e. The van der Waals surface area contributed by atoms with Crippen LogP contribution >= 0.6 is 0 Å². The number of carboxylic acid groups (broad SMARTS) is 2. The number of hydrogen-bond acceptors (Lipinski definition) is 3. The molecule has 3 heterocycles. The zero-order chi connectivity index (χ0) is 23.4. The van der Waals surface area contributed by atoms with Crippen LogP contribution in [0.25, 0.3) is 0 Å². The number of nitrogens with one attached hydrogen (secondary N) is 2. The summed E-state index contributed by atoms with van der Waals surface area (Å²) in [5.74, 6) is -1.88. The van der Waals surface area contributed by atoms with E-state index in [1.54, 1.807) is 0 Å². The molecule has 0 aromatic carbocycles. The van der Waals surface area contributed by atoms with E-state index in [-0.39, 0.29) is 11.4 Å². The number of carboxylic acids is 2. The molecule has 0 aliphatic heterocycles. The molecule has 0 amide bonds. The average Bonchev–Trinajstić information content (AvgIpc) is 3.31. The molecule has 0 saturated carbocycles. The molecule has 170 valence electrons. The third-order valence-electron chi connectivity index (χ3n) is 6.03. The summed E-state index contributed by atoms with van der Waals surface area (Å²) >= 11 is 0. The second-order valence-electron chi connectivity index (χ2n) is 7.87. The molecule has 7 heteroatoms. The van der Waals surface area contributed by atoms with Gasteiger partial charge in [-0.3, -0.25) is 4.98 Å². The predicted octanol–water partition coefficient (Wildman–Crippen LogP) is 4.57. The fourth-order valence-corrected chi connectivity index (χ4v) is 4.66. The van der Waals surface area contributed by atoms with Crippen molar-refractivity contribution in [1.82, 2.24) is 15.0 Å². The molecule has 7 nitrogen and oxygen atoms in total. The van der Waals surface area contributed by atoms with Crippen molar-refractivity contribution in [3.05, 3.63) is 74.6 Å². The SMILES string of the molecule is CCc1c(Cc2cccc(Cc3[nH]c(C(=O)O)c(CC)c3CC)n2)[nH]c(C(=O)O)c1CC. The second-order valence-corrected chi connectivity index (χ2v) is 7.87. The quantitative estimate of drug-likeness (QED) is 0.371. The third-order valence-corrected chi connectivity index (χ3v) is 6.03. The second kappa shape index (κ2) is 9.85. The van der Waals surface area contributed by atoms with E-state index in [1.807, 2.05) is 45.9 Å². The fourth-order valence-electron chi connectivity index (χ4n) is 4.66. The van der Waals surface area contributed by atoms with Crippen LogP contribution in [0.1, 0.15) is 93.7 Å². The molecule has 0 bridgehead atoms. The van der Waals surface area contributed by atoms with Crippen molar-refractivity contribution >= 4 is 11.9 Å². The summed E-state index contributed by atoms with van der Waals surface area (Å²) < 4.78 is 0. The highest BCUT2D eigenvalue weighted by Crippen LogP contribution is 2.25. The van der Waals surface area contributed by atoms with E-state index in [4.69, 9.17) is 4.98 Å². The molecule has 3 rings (SSSR count). The standard InChI is InChI=1S/C25H31N3O4/c1-5-16-18(7-3)22(24(29)30)27-20(16)12-14-10-9-11-15(26-14)13-21-17(6-2)19(8-4)23(28-21)25(31)32/h9-11,27-28H,5-8,12-13H2,1-4H3,(H,29,30)(H,31,32). The van der Waals surface area contributed by atoms with Gasteiger partial charge < -0.3 is 20.2 Å². The number of nitrogens with zero attached hydrogens (tertiary/aromatic N) is 1. The van der Waals surface area contributed by atoms with E-state index in [1.165, 1.54) is 0 Å². The molecule has 0 aliphatic rings. The summed E-state index contributed by atoms with van der Waals surface area (Å²) in [5.41, 5.74) is 7.82.